The number of carboxylic acids is 1. The maximum atomic E-state index is 13.7. The van der Waals surface area contributed by atoms with Gasteiger partial charge < -0.3 is 10.0 Å². The molecular formula is C15H18FNO3. The molecule has 0 saturated carbocycles. The molecule has 1 amide bonds. The van der Waals surface area contributed by atoms with Crippen LogP contribution in [0, 0.1) is 5.82 Å². The van der Waals surface area contributed by atoms with Crippen molar-refractivity contribution >= 4 is 11.9 Å². The first-order valence-electron chi connectivity index (χ1n) is 6.84. The molecule has 1 aliphatic heterocycles. The van der Waals surface area contributed by atoms with E-state index in [0.29, 0.717) is 44.3 Å². The minimum atomic E-state index is -0.841. The number of aliphatic carboxylic acids is 1. The highest BCUT2D eigenvalue weighted by Crippen LogP contribution is 2.22. The van der Waals surface area contributed by atoms with Crippen molar-refractivity contribution in [3.8, 4) is 0 Å². The van der Waals surface area contributed by atoms with E-state index in [1.54, 1.807) is 11.0 Å². The lowest BCUT2D eigenvalue weighted by Gasteiger charge is -2.29. The number of carbonyl (C=O) groups is 2. The molecule has 20 heavy (non-hydrogen) atoms. The van der Waals surface area contributed by atoms with E-state index in [-0.39, 0.29) is 18.1 Å². The second-order valence-electron chi connectivity index (χ2n) is 5.04. The van der Waals surface area contributed by atoms with Gasteiger partial charge in [-0.15, -0.1) is 0 Å². The number of rotatable bonds is 5. The smallest absolute Gasteiger partial charge is 0.303 e. The van der Waals surface area contributed by atoms with Gasteiger partial charge in [0.2, 0.25) is 5.91 Å². The van der Waals surface area contributed by atoms with E-state index in [4.69, 9.17) is 5.11 Å². The highest BCUT2D eigenvalue weighted by Gasteiger charge is 2.22. The zero-order valence-electron chi connectivity index (χ0n) is 11.3. The Kier molecular flexibility index (Phi) is 4.71. The fraction of sp³-hybridized carbons (Fsp3) is 0.467. The normalized spacial score (nSPS) is 13.9. The maximum Gasteiger partial charge on any atom is 0.303 e. The van der Waals surface area contributed by atoms with Crippen molar-refractivity contribution in [1.29, 1.82) is 0 Å². The fourth-order valence-corrected chi connectivity index (χ4v) is 2.46. The summed E-state index contributed by atoms with van der Waals surface area (Å²) in [5.41, 5.74) is 1.58. The van der Waals surface area contributed by atoms with E-state index >= 15 is 0 Å². The Labute approximate surface area is 117 Å². The van der Waals surface area contributed by atoms with E-state index < -0.39 is 5.97 Å². The standard InChI is InChI=1S/C15H18FNO3/c16-13-5-3-4-11-8-9-17(10-12(11)13)14(18)6-1-2-7-15(19)20/h3-5H,1-2,6-10H2,(H,19,20). The number of carbonyl (C=O) groups excluding carboxylic acids is 1. The first kappa shape index (κ1) is 14.5. The van der Waals surface area contributed by atoms with Crippen LogP contribution in [0.15, 0.2) is 18.2 Å². The highest BCUT2D eigenvalue weighted by atomic mass is 19.1. The molecule has 1 aromatic carbocycles. The van der Waals surface area contributed by atoms with Crippen LogP contribution in [0.25, 0.3) is 0 Å². The first-order chi connectivity index (χ1) is 9.58. The zero-order chi connectivity index (χ0) is 14.5. The monoisotopic (exact) mass is 279 g/mol. The number of nitrogens with zero attached hydrogens (tertiary/aromatic N) is 1. The molecule has 4 nitrogen and oxygen atoms in total. The van der Waals surface area contributed by atoms with Crippen molar-refractivity contribution in [2.24, 2.45) is 0 Å². The van der Waals surface area contributed by atoms with E-state index in [9.17, 15) is 14.0 Å². The summed E-state index contributed by atoms with van der Waals surface area (Å²) in [6.07, 6.45) is 2.15. The van der Waals surface area contributed by atoms with E-state index in [1.807, 2.05) is 6.07 Å². The Morgan fingerprint density at radius 2 is 2.00 bits per heavy atom. The molecule has 0 aromatic heterocycles. The molecule has 0 spiro atoms. The Bertz CT molecular complexity index is 516. The molecule has 1 N–H and O–H groups in total. The van der Waals surface area contributed by atoms with Gasteiger partial charge in [-0.25, -0.2) is 4.39 Å². The molecule has 1 aliphatic rings. The van der Waals surface area contributed by atoms with Crippen molar-refractivity contribution in [3.05, 3.63) is 35.1 Å². The van der Waals surface area contributed by atoms with Gasteiger partial charge in [-0.2, -0.15) is 0 Å². The average Bonchev–Trinajstić information content (AvgIpc) is 2.43. The topological polar surface area (TPSA) is 57.6 Å². The molecule has 1 aromatic rings. The number of benzene rings is 1. The summed E-state index contributed by atoms with van der Waals surface area (Å²) in [6, 6.07) is 5.00. The van der Waals surface area contributed by atoms with Crippen LogP contribution in [0.2, 0.25) is 0 Å². The second-order valence-corrected chi connectivity index (χ2v) is 5.04. The third kappa shape index (κ3) is 3.56. The van der Waals surface area contributed by atoms with E-state index in [2.05, 4.69) is 0 Å². The molecule has 0 fully saturated rings. The fourth-order valence-electron chi connectivity index (χ4n) is 2.46. The lowest BCUT2D eigenvalue weighted by atomic mass is 9.99. The molecular weight excluding hydrogens is 261 g/mol. The summed E-state index contributed by atoms with van der Waals surface area (Å²) in [4.78, 5) is 24.1. The minimum Gasteiger partial charge on any atom is -0.481 e. The molecule has 2 rings (SSSR count). The lowest BCUT2D eigenvalue weighted by molar-refractivity contribution is -0.137. The average molecular weight is 279 g/mol. The summed E-state index contributed by atoms with van der Waals surface area (Å²) in [5, 5.41) is 8.53. The minimum absolute atomic E-state index is 0.0238. The molecule has 0 unspecified atom stereocenters. The summed E-state index contributed by atoms with van der Waals surface area (Å²) in [7, 11) is 0. The number of hydrogen-bond donors (Lipinski definition) is 1. The van der Waals surface area contributed by atoms with Gasteiger partial charge in [-0.1, -0.05) is 12.1 Å². The van der Waals surface area contributed by atoms with E-state index in [1.165, 1.54) is 6.07 Å². The number of fused-ring (bicyclic) bond motifs is 1. The van der Waals surface area contributed by atoms with Crippen LogP contribution in [-0.4, -0.2) is 28.4 Å². The third-order valence-corrected chi connectivity index (χ3v) is 3.60. The van der Waals surface area contributed by atoms with Crippen LogP contribution in [-0.2, 0) is 22.6 Å². The van der Waals surface area contributed by atoms with Gasteiger partial charge in [-0.3, -0.25) is 9.59 Å². The predicted molar refractivity (Wildman–Crippen MR) is 71.6 cm³/mol. The predicted octanol–water partition coefficient (Wildman–Crippen LogP) is 2.36. The second kappa shape index (κ2) is 6.50. The Morgan fingerprint density at radius 3 is 2.75 bits per heavy atom. The molecule has 0 atom stereocenters. The number of hydrogen-bond acceptors (Lipinski definition) is 2. The van der Waals surface area contributed by atoms with Crippen molar-refractivity contribution in [2.45, 2.75) is 38.6 Å². The summed E-state index contributed by atoms with van der Waals surface area (Å²) in [6.45, 7) is 0.925. The maximum absolute atomic E-state index is 13.7. The van der Waals surface area contributed by atoms with Crippen molar-refractivity contribution in [3.63, 3.8) is 0 Å². The van der Waals surface area contributed by atoms with Crippen molar-refractivity contribution in [1.82, 2.24) is 4.90 Å². The first-order valence-corrected chi connectivity index (χ1v) is 6.84. The number of amides is 1. The van der Waals surface area contributed by atoms with Gasteiger partial charge in [0.15, 0.2) is 0 Å². The third-order valence-electron chi connectivity index (χ3n) is 3.60. The molecule has 0 saturated heterocycles. The zero-order valence-corrected chi connectivity index (χ0v) is 11.3. The molecule has 5 heteroatoms. The van der Waals surface area contributed by atoms with Crippen LogP contribution in [0.5, 0.6) is 0 Å². The summed E-state index contributed by atoms with van der Waals surface area (Å²) < 4.78 is 13.7. The quantitative estimate of drug-likeness (QED) is 0.842. The SMILES string of the molecule is O=C(O)CCCCC(=O)N1CCc2cccc(F)c2C1. The van der Waals surface area contributed by atoms with Crippen molar-refractivity contribution < 1.29 is 19.1 Å². The number of unbranched alkanes of at least 4 members (excludes halogenated alkanes) is 1. The molecule has 0 radical (unpaired) electrons. The molecule has 108 valence electrons. The Morgan fingerprint density at radius 1 is 1.25 bits per heavy atom. The van der Waals surface area contributed by atoms with Crippen molar-refractivity contribution in [2.75, 3.05) is 6.54 Å². The highest BCUT2D eigenvalue weighted by molar-refractivity contribution is 5.76. The van der Waals surface area contributed by atoms with E-state index in [0.717, 1.165) is 5.56 Å². The van der Waals surface area contributed by atoms with Gasteiger partial charge in [0.1, 0.15) is 5.82 Å². The Balaban J connectivity index is 1.87. The number of halogens is 1. The van der Waals surface area contributed by atoms with Crippen LogP contribution in [0.4, 0.5) is 4.39 Å². The van der Waals surface area contributed by atoms with Crippen LogP contribution >= 0.6 is 0 Å². The van der Waals surface area contributed by atoms with Gasteiger partial charge in [0, 0.05) is 31.5 Å². The molecule has 1 heterocycles. The van der Waals surface area contributed by atoms with Crippen LogP contribution in [0.1, 0.15) is 36.8 Å². The van der Waals surface area contributed by atoms with Gasteiger partial charge in [0.25, 0.3) is 0 Å². The Hall–Kier alpha value is -1.91. The number of carboxylic acid groups (broad SMARTS) is 1. The van der Waals surface area contributed by atoms with Gasteiger partial charge in [0.05, 0.1) is 0 Å². The van der Waals surface area contributed by atoms with Gasteiger partial charge in [-0.05, 0) is 30.9 Å². The molecule has 0 aliphatic carbocycles. The van der Waals surface area contributed by atoms with Crippen LogP contribution in [0.3, 0.4) is 0 Å². The lowest BCUT2D eigenvalue weighted by Crippen LogP contribution is -2.36. The molecule has 0 bridgehead atoms. The largest absolute Gasteiger partial charge is 0.481 e. The van der Waals surface area contributed by atoms with Crippen LogP contribution < -0.4 is 0 Å². The summed E-state index contributed by atoms with van der Waals surface area (Å²) >= 11 is 0. The summed E-state index contributed by atoms with van der Waals surface area (Å²) in [5.74, 6) is -1.12. The van der Waals surface area contributed by atoms with Gasteiger partial charge >= 0.3 is 5.97 Å².